The average Bonchev–Trinajstić information content (AvgIpc) is 3.00. The third-order valence-electron chi connectivity index (χ3n) is 10.5. The van der Waals surface area contributed by atoms with Gasteiger partial charge in [0.05, 0.1) is 0 Å². The van der Waals surface area contributed by atoms with Crippen LogP contribution >= 0.6 is 0 Å². The molecule has 0 aromatic heterocycles. The first-order valence-electron chi connectivity index (χ1n) is 20.7. The number of rotatable bonds is 36. The number of unbranched alkanes of at least 4 members (excludes halogenated alkanes) is 29. The van der Waals surface area contributed by atoms with Crippen molar-refractivity contribution < 1.29 is 14.3 Å². The molecule has 3 nitrogen and oxygen atoms in total. The summed E-state index contributed by atoms with van der Waals surface area (Å²) in [4.78, 5) is 10.5. The lowest BCUT2D eigenvalue weighted by Crippen LogP contribution is -2.40. The van der Waals surface area contributed by atoms with Crippen molar-refractivity contribution in [3.63, 3.8) is 0 Å². The van der Waals surface area contributed by atoms with Crippen LogP contribution in [0.15, 0.2) is 12.2 Å². The SMILES string of the molecule is CC(C)(C)[Si](C)(C)OCCCCCCCC/C=C\CCCCCCCCCCCCCCCCCCCCCCCCCC(=O)O. The Bertz CT molecular complexity index is 666. The molecule has 0 spiro atoms. The van der Waals surface area contributed by atoms with Crippen LogP contribution in [0, 0.1) is 0 Å². The molecule has 0 unspecified atom stereocenters. The molecule has 0 rings (SSSR count). The summed E-state index contributed by atoms with van der Waals surface area (Å²) >= 11 is 0. The molecule has 1 N–H and O–H groups in total. The fourth-order valence-corrected chi connectivity index (χ4v) is 7.19. The highest BCUT2D eigenvalue weighted by Crippen LogP contribution is 2.36. The maximum Gasteiger partial charge on any atom is 0.303 e. The molecule has 0 atom stereocenters. The van der Waals surface area contributed by atoms with Crippen molar-refractivity contribution >= 4 is 14.3 Å². The lowest BCUT2D eigenvalue weighted by atomic mass is 10.0. The molecule has 0 saturated heterocycles. The molecule has 0 aromatic rings. The highest BCUT2D eigenvalue weighted by molar-refractivity contribution is 6.74. The Labute approximate surface area is 291 Å². The standard InChI is InChI=1S/C42H84O3Si/c1-42(2,3)46(4,5)45-40-38-36-34-32-30-28-26-24-22-20-18-16-14-12-10-8-6-7-9-11-13-15-17-19-21-23-25-27-29-31-33-35-37-39-41(43)44/h22,24H,6-21,23,25-40H2,1-5H3,(H,43,44)/b24-22-. The second-order valence-corrected chi connectivity index (χ2v) is 20.9. The van der Waals surface area contributed by atoms with Gasteiger partial charge in [-0.05, 0) is 56.7 Å². The van der Waals surface area contributed by atoms with Gasteiger partial charge in [-0.1, -0.05) is 193 Å². The van der Waals surface area contributed by atoms with Crippen LogP contribution in [0.3, 0.4) is 0 Å². The van der Waals surface area contributed by atoms with Gasteiger partial charge in [0.1, 0.15) is 0 Å². The minimum atomic E-state index is -1.55. The topological polar surface area (TPSA) is 46.5 Å². The number of hydrogen-bond acceptors (Lipinski definition) is 2. The van der Waals surface area contributed by atoms with Gasteiger partial charge in [0, 0.05) is 13.0 Å². The van der Waals surface area contributed by atoms with E-state index in [1.807, 2.05) is 0 Å². The van der Waals surface area contributed by atoms with Crippen LogP contribution in [0.1, 0.15) is 226 Å². The summed E-state index contributed by atoms with van der Waals surface area (Å²) in [5.74, 6) is -0.650. The normalized spacial score (nSPS) is 12.5. The molecule has 0 heterocycles. The molecular weight excluding hydrogens is 581 g/mol. The Morgan fingerprint density at radius 2 is 0.739 bits per heavy atom. The summed E-state index contributed by atoms with van der Waals surface area (Å²) in [5.41, 5.74) is 0. The van der Waals surface area contributed by atoms with E-state index in [9.17, 15) is 4.79 Å². The molecule has 0 aliphatic heterocycles. The van der Waals surface area contributed by atoms with Gasteiger partial charge in [-0.15, -0.1) is 0 Å². The van der Waals surface area contributed by atoms with E-state index in [0.717, 1.165) is 19.4 Å². The van der Waals surface area contributed by atoms with E-state index in [0.29, 0.717) is 11.5 Å². The van der Waals surface area contributed by atoms with Crippen LogP contribution in [0.4, 0.5) is 0 Å². The predicted molar refractivity (Wildman–Crippen MR) is 208 cm³/mol. The number of allylic oxidation sites excluding steroid dienone is 2. The highest BCUT2D eigenvalue weighted by Gasteiger charge is 2.36. The summed E-state index contributed by atoms with van der Waals surface area (Å²) in [6.45, 7) is 12.7. The molecule has 0 aliphatic carbocycles. The first-order chi connectivity index (χ1) is 22.2. The predicted octanol–water partition coefficient (Wildman–Crippen LogP) is 15.1. The molecule has 0 saturated carbocycles. The fourth-order valence-electron chi connectivity index (χ4n) is 6.10. The molecule has 0 amide bonds. The number of aliphatic carboxylic acids is 1. The minimum absolute atomic E-state index is 0.332. The van der Waals surface area contributed by atoms with Gasteiger partial charge in [0.25, 0.3) is 0 Å². The maximum atomic E-state index is 10.5. The molecule has 0 aliphatic rings. The van der Waals surface area contributed by atoms with Crippen LogP contribution in [0.2, 0.25) is 18.1 Å². The van der Waals surface area contributed by atoms with Crippen molar-refractivity contribution in [1.29, 1.82) is 0 Å². The van der Waals surface area contributed by atoms with Crippen LogP contribution in [-0.2, 0) is 9.22 Å². The molecule has 274 valence electrons. The van der Waals surface area contributed by atoms with Crippen molar-refractivity contribution in [2.45, 2.75) is 244 Å². The molecule has 0 bridgehead atoms. The first kappa shape index (κ1) is 45.4. The number of carboxylic acid groups (broad SMARTS) is 1. The van der Waals surface area contributed by atoms with Crippen LogP contribution in [-0.4, -0.2) is 26.0 Å². The Hall–Kier alpha value is -0.613. The quantitative estimate of drug-likeness (QED) is 0.0412. The number of carboxylic acids is 1. The van der Waals surface area contributed by atoms with Gasteiger partial charge in [-0.2, -0.15) is 0 Å². The molecule has 0 aromatic carbocycles. The van der Waals surface area contributed by atoms with Gasteiger partial charge < -0.3 is 9.53 Å². The monoisotopic (exact) mass is 665 g/mol. The Morgan fingerprint density at radius 3 is 1.02 bits per heavy atom. The van der Waals surface area contributed by atoms with E-state index in [1.165, 1.54) is 186 Å². The maximum absolute atomic E-state index is 10.5. The van der Waals surface area contributed by atoms with E-state index < -0.39 is 14.3 Å². The summed E-state index contributed by atoms with van der Waals surface area (Å²) in [5, 5.41) is 8.98. The van der Waals surface area contributed by atoms with Gasteiger partial charge in [-0.25, -0.2) is 0 Å². The molecule has 46 heavy (non-hydrogen) atoms. The summed E-state index contributed by atoms with van der Waals surface area (Å²) in [6.07, 6.45) is 47.4. The molecule has 0 fully saturated rings. The zero-order valence-electron chi connectivity index (χ0n) is 32.3. The van der Waals surface area contributed by atoms with E-state index in [4.69, 9.17) is 9.53 Å². The Balaban J connectivity index is 3.18. The average molecular weight is 665 g/mol. The van der Waals surface area contributed by atoms with Crippen molar-refractivity contribution in [2.75, 3.05) is 6.61 Å². The van der Waals surface area contributed by atoms with Crippen LogP contribution < -0.4 is 0 Å². The van der Waals surface area contributed by atoms with Crippen molar-refractivity contribution in [3.8, 4) is 0 Å². The second kappa shape index (κ2) is 32.9. The molecular formula is C42H84O3Si. The van der Waals surface area contributed by atoms with Gasteiger partial charge >= 0.3 is 5.97 Å². The smallest absolute Gasteiger partial charge is 0.303 e. The van der Waals surface area contributed by atoms with E-state index >= 15 is 0 Å². The minimum Gasteiger partial charge on any atom is -0.481 e. The first-order valence-corrected chi connectivity index (χ1v) is 23.6. The second-order valence-electron chi connectivity index (χ2n) is 16.1. The lowest BCUT2D eigenvalue weighted by molar-refractivity contribution is -0.137. The van der Waals surface area contributed by atoms with Gasteiger partial charge in [0.2, 0.25) is 0 Å². The highest BCUT2D eigenvalue weighted by atomic mass is 28.4. The Kier molecular flexibility index (Phi) is 32.5. The Morgan fingerprint density at radius 1 is 0.478 bits per heavy atom. The van der Waals surface area contributed by atoms with Gasteiger partial charge in [0.15, 0.2) is 8.32 Å². The molecule has 0 radical (unpaired) electrons. The van der Waals surface area contributed by atoms with E-state index in [1.54, 1.807) is 0 Å². The number of hydrogen-bond donors (Lipinski definition) is 1. The number of carbonyl (C=O) groups is 1. The van der Waals surface area contributed by atoms with Crippen molar-refractivity contribution in [1.82, 2.24) is 0 Å². The van der Waals surface area contributed by atoms with E-state index in [2.05, 4.69) is 46.0 Å². The third kappa shape index (κ3) is 33.3. The summed E-state index contributed by atoms with van der Waals surface area (Å²) in [6, 6.07) is 0. The van der Waals surface area contributed by atoms with Crippen molar-refractivity contribution in [3.05, 3.63) is 12.2 Å². The lowest BCUT2D eigenvalue weighted by Gasteiger charge is -2.36. The largest absolute Gasteiger partial charge is 0.481 e. The van der Waals surface area contributed by atoms with Crippen LogP contribution in [0.5, 0.6) is 0 Å². The van der Waals surface area contributed by atoms with Crippen molar-refractivity contribution in [2.24, 2.45) is 0 Å². The summed E-state index contributed by atoms with van der Waals surface area (Å²) in [7, 11) is -1.55. The zero-order chi connectivity index (χ0) is 34.0. The third-order valence-corrected chi connectivity index (χ3v) is 15.0. The van der Waals surface area contributed by atoms with E-state index in [-0.39, 0.29) is 0 Å². The zero-order valence-corrected chi connectivity index (χ0v) is 33.3. The summed E-state index contributed by atoms with van der Waals surface area (Å²) < 4.78 is 6.29. The molecule has 4 heteroatoms. The van der Waals surface area contributed by atoms with Gasteiger partial charge in [-0.3, -0.25) is 4.79 Å². The fraction of sp³-hybridized carbons (Fsp3) is 0.929. The van der Waals surface area contributed by atoms with Crippen LogP contribution in [0.25, 0.3) is 0 Å².